The fraction of sp³-hybridized carbons (Fsp3) is 0.828. The van der Waals surface area contributed by atoms with Crippen molar-refractivity contribution in [2.45, 2.75) is 101 Å². The van der Waals surface area contributed by atoms with E-state index >= 15 is 0 Å². The summed E-state index contributed by atoms with van der Waals surface area (Å²) in [6.45, 7) is 5.40. The molecule has 8 nitrogen and oxygen atoms in total. The van der Waals surface area contributed by atoms with Gasteiger partial charge in [-0.2, -0.15) is 0 Å². The van der Waals surface area contributed by atoms with E-state index in [-0.39, 0.29) is 40.8 Å². The first-order valence-electron chi connectivity index (χ1n) is 14.1. The van der Waals surface area contributed by atoms with Crippen molar-refractivity contribution in [1.29, 1.82) is 0 Å². The summed E-state index contributed by atoms with van der Waals surface area (Å²) in [5.41, 5.74) is 1.27. The zero-order valence-electron chi connectivity index (χ0n) is 22.1. The molecule has 37 heavy (non-hydrogen) atoms. The van der Waals surface area contributed by atoms with Gasteiger partial charge in [0.1, 0.15) is 18.8 Å². The van der Waals surface area contributed by atoms with Gasteiger partial charge < -0.3 is 33.9 Å². The van der Waals surface area contributed by atoms with Crippen LogP contribution in [-0.4, -0.2) is 72.5 Å². The summed E-state index contributed by atoms with van der Waals surface area (Å²) in [4.78, 5) is 11.8. The number of ether oxygens (including phenoxy) is 5. The normalized spacial score (nSPS) is 54.6. The third-order valence-electron chi connectivity index (χ3n) is 11.8. The van der Waals surface area contributed by atoms with Crippen molar-refractivity contribution in [2.24, 2.45) is 28.6 Å². The molecular formula is C29H40O8. The Morgan fingerprint density at radius 2 is 1.92 bits per heavy atom. The molecule has 3 heterocycles. The van der Waals surface area contributed by atoms with E-state index in [0.717, 1.165) is 50.5 Å². The van der Waals surface area contributed by atoms with E-state index < -0.39 is 23.8 Å². The molecule has 7 aliphatic rings. The lowest BCUT2D eigenvalue weighted by molar-refractivity contribution is -0.442. The van der Waals surface area contributed by atoms with Gasteiger partial charge >= 0.3 is 5.97 Å². The molecule has 3 saturated carbocycles. The lowest BCUT2D eigenvalue weighted by atomic mass is 9.45. The van der Waals surface area contributed by atoms with Gasteiger partial charge in [0.25, 0.3) is 0 Å². The van der Waals surface area contributed by atoms with Crippen LogP contribution in [0.5, 0.6) is 0 Å². The minimum atomic E-state index is -1.62. The first kappa shape index (κ1) is 24.7. The largest absolute Gasteiger partial charge is 0.458 e. The topological polar surface area (TPSA) is 104 Å². The molecular weight excluding hydrogens is 476 g/mol. The Hall–Kier alpha value is -1.29. The third-order valence-corrected chi connectivity index (χ3v) is 11.8. The number of methoxy groups -OCH3 is 1. The van der Waals surface area contributed by atoms with Crippen molar-refractivity contribution >= 4 is 5.97 Å². The molecule has 0 aromatic carbocycles. The molecule has 0 aromatic rings. The van der Waals surface area contributed by atoms with Crippen molar-refractivity contribution in [1.82, 2.24) is 0 Å². The highest BCUT2D eigenvalue weighted by Gasteiger charge is 2.68. The number of hydrogen-bond acceptors (Lipinski definition) is 8. The molecule has 5 fully saturated rings. The second kappa shape index (κ2) is 8.12. The Kier molecular flexibility index (Phi) is 5.42. The van der Waals surface area contributed by atoms with Gasteiger partial charge in [-0.05, 0) is 73.7 Å². The van der Waals surface area contributed by atoms with Gasteiger partial charge in [0.15, 0.2) is 0 Å². The van der Waals surface area contributed by atoms with Crippen LogP contribution in [0.2, 0.25) is 0 Å². The standard InChI is InChI=1S/C29H40O8/c1-26-14-22-21(36-25-29(32,37-22)23(33-3)8-11-34-25)13-17(26)4-5-20-19(26)6-9-27(2)18(7-10-28(20,27)31)16-12-24(30)35-15-16/h12-13,18-23,25,31-32H,4-11,14-15H2,1-3H3. The van der Waals surface area contributed by atoms with Gasteiger partial charge in [-0.15, -0.1) is 0 Å². The van der Waals surface area contributed by atoms with Gasteiger partial charge in [0, 0.05) is 25.0 Å². The summed E-state index contributed by atoms with van der Waals surface area (Å²) in [5, 5.41) is 23.9. The van der Waals surface area contributed by atoms with E-state index in [0.29, 0.717) is 25.6 Å². The molecule has 4 aliphatic carbocycles. The average molecular weight is 517 g/mol. The first-order valence-corrected chi connectivity index (χ1v) is 14.1. The highest BCUT2D eigenvalue weighted by atomic mass is 16.8. The fourth-order valence-corrected chi connectivity index (χ4v) is 9.81. The summed E-state index contributed by atoms with van der Waals surface area (Å²) in [6.07, 6.45) is 8.71. The third kappa shape index (κ3) is 3.20. The van der Waals surface area contributed by atoms with Crippen molar-refractivity contribution in [3.8, 4) is 0 Å². The zero-order valence-corrected chi connectivity index (χ0v) is 22.1. The van der Waals surface area contributed by atoms with Crippen molar-refractivity contribution in [2.75, 3.05) is 20.3 Å². The number of fused-ring (bicyclic) bond motifs is 7. The second-order valence-corrected chi connectivity index (χ2v) is 13.1. The predicted molar refractivity (Wildman–Crippen MR) is 131 cm³/mol. The quantitative estimate of drug-likeness (QED) is 0.427. The maximum absolute atomic E-state index is 12.5. The Labute approximate surface area is 218 Å². The summed E-state index contributed by atoms with van der Waals surface area (Å²) in [5.74, 6) is -1.20. The summed E-state index contributed by atoms with van der Waals surface area (Å²) in [6, 6.07) is 0. The minimum Gasteiger partial charge on any atom is -0.458 e. The van der Waals surface area contributed by atoms with Crippen LogP contribution in [0.15, 0.2) is 23.3 Å². The maximum Gasteiger partial charge on any atom is 0.331 e. The second-order valence-electron chi connectivity index (χ2n) is 13.1. The molecule has 3 aliphatic heterocycles. The smallest absolute Gasteiger partial charge is 0.331 e. The van der Waals surface area contributed by atoms with E-state index in [1.54, 1.807) is 13.2 Å². The van der Waals surface area contributed by atoms with Crippen molar-refractivity contribution < 1.29 is 38.7 Å². The number of carbonyl (C=O) groups is 1. The van der Waals surface area contributed by atoms with Gasteiger partial charge in [-0.25, -0.2) is 4.79 Å². The van der Waals surface area contributed by atoms with E-state index in [4.69, 9.17) is 23.7 Å². The van der Waals surface area contributed by atoms with E-state index in [9.17, 15) is 15.0 Å². The number of aliphatic hydroxyl groups is 2. The zero-order chi connectivity index (χ0) is 25.8. The number of cyclic esters (lactones) is 1. The monoisotopic (exact) mass is 516 g/mol. The Morgan fingerprint density at radius 1 is 1.08 bits per heavy atom. The molecule has 2 N–H and O–H groups in total. The van der Waals surface area contributed by atoms with Gasteiger partial charge in [-0.1, -0.05) is 25.5 Å². The van der Waals surface area contributed by atoms with Gasteiger partial charge in [0.05, 0.1) is 18.3 Å². The number of allylic oxidation sites excluding steroid dienone is 1. The molecule has 7 rings (SSSR count). The Bertz CT molecular complexity index is 1050. The van der Waals surface area contributed by atoms with E-state index in [1.165, 1.54) is 5.57 Å². The van der Waals surface area contributed by atoms with Crippen LogP contribution in [0.25, 0.3) is 0 Å². The van der Waals surface area contributed by atoms with Crippen LogP contribution in [0.1, 0.15) is 65.2 Å². The van der Waals surface area contributed by atoms with Crippen LogP contribution in [0, 0.1) is 28.6 Å². The van der Waals surface area contributed by atoms with Gasteiger partial charge in [-0.3, -0.25) is 0 Å². The van der Waals surface area contributed by atoms with E-state index in [2.05, 4.69) is 19.9 Å². The maximum atomic E-state index is 12.5. The van der Waals surface area contributed by atoms with Crippen LogP contribution in [-0.2, 0) is 28.5 Å². The summed E-state index contributed by atoms with van der Waals surface area (Å²) < 4.78 is 29.3. The molecule has 0 aromatic heterocycles. The molecule has 11 unspecified atom stereocenters. The number of hydrogen-bond donors (Lipinski definition) is 2. The first-order chi connectivity index (χ1) is 17.6. The SMILES string of the molecule is COC1CCOC2OC3C=C4CCC5C(CCC6(C)C(C7=CC(=O)OC7)CCC56O)C4(C)CC3OC12O. The fourth-order valence-electron chi connectivity index (χ4n) is 9.81. The van der Waals surface area contributed by atoms with Crippen molar-refractivity contribution in [3.63, 3.8) is 0 Å². The molecule has 2 saturated heterocycles. The van der Waals surface area contributed by atoms with Crippen LogP contribution < -0.4 is 0 Å². The van der Waals surface area contributed by atoms with Crippen LogP contribution in [0.3, 0.4) is 0 Å². The molecule has 11 atom stereocenters. The van der Waals surface area contributed by atoms with Crippen molar-refractivity contribution in [3.05, 3.63) is 23.3 Å². The van der Waals surface area contributed by atoms with Crippen LogP contribution >= 0.6 is 0 Å². The molecule has 0 radical (unpaired) electrons. The van der Waals surface area contributed by atoms with Crippen LogP contribution in [0.4, 0.5) is 0 Å². The molecule has 8 heteroatoms. The molecule has 0 amide bonds. The number of carbonyl (C=O) groups excluding carboxylic acids is 1. The minimum absolute atomic E-state index is 0.143. The summed E-state index contributed by atoms with van der Waals surface area (Å²) >= 11 is 0. The number of rotatable bonds is 2. The molecule has 0 bridgehead atoms. The Morgan fingerprint density at radius 3 is 2.68 bits per heavy atom. The molecule has 204 valence electrons. The summed E-state index contributed by atoms with van der Waals surface area (Å²) in [7, 11) is 1.59. The average Bonchev–Trinajstić information content (AvgIpc) is 3.40. The van der Waals surface area contributed by atoms with E-state index in [1.807, 2.05) is 0 Å². The lowest BCUT2D eigenvalue weighted by Crippen LogP contribution is -2.68. The Balaban J connectivity index is 1.18. The highest BCUT2D eigenvalue weighted by molar-refractivity contribution is 5.85. The molecule has 0 spiro atoms. The predicted octanol–water partition coefficient (Wildman–Crippen LogP) is 3.01. The lowest BCUT2D eigenvalue weighted by Gasteiger charge is -2.63. The number of esters is 1. The highest BCUT2D eigenvalue weighted by Crippen LogP contribution is 2.69. The van der Waals surface area contributed by atoms with Gasteiger partial charge in [0.2, 0.25) is 12.1 Å².